The first-order valence-electron chi connectivity index (χ1n) is 5.66. The highest BCUT2D eigenvalue weighted by molar-refractivity contribution is 5.96. The second-order valence-corrected chi connectivity index (χ2v) is 3.92. The second kappa shape index (κ2) is 5.80. The molecule has 0 radical (unpaired) electrons. The predicted molar refractivity (Wildman–Crippen MR) is 62.5 cm³/mol. The first-order chi connectivity index (χ1) is 8.29. The van der Waals surface area contributed by atoms with Crippen molar-refractivity contribution in [2.45, 2.75) is 12.5 Å². The summed E-state index contributed by atoms with van der Waals surface area (Å²) in [6.45, 7) is 1.69. The number of carbonyl (C=O) groups is 1. The molecule has 1 aliphatic rings. The van der Waals surface area contributed by atoms with Crippen LogP contribution >= 0.6 is 0 Å². The van der Waals surface area contributed by atoms with Crippen LogP contribution in [0.2, 0.25) is 0 Å². The molecule has 0 amide bonds. The molecule has 1 aromatic carbocycles. The van der Waals surface area contributed by atoms with Gasteiger partial charge in [-0.05, 0) is 24.3 Å². The Balaban J connectivity index is 1.93. The highest BCUT2D eigenvalue weighted by Crippen LogP contribution is 2.15. The number of Topliss-reactive ketones (excluding diaryl/α,β-unsaturated/α-hetero) is 1. The monoisotopic (exact) mass is 236 g/mol. The summed E-state index contributed by atoms with van der Waals surface area (Å²) >= 11 is 0. The number of benzene rings is 1. The van der Waals surface area contributed by atoms with E-state index >= 15 is 0 Å². The molecule has 1 aliphatic heterocycles. The van der Waals surface area contributed by atoms with Gasteiger partial charge in [0.2, 0.25) is 0 Å². The molecular formula is C13H16O4. The molecule has 92 valence electrons. The molecular weight excluding hydrogens is 220 g/mol. The number of ether oxygens (including phenoxy) is 3. The molecule has 0 saturated carbocycles. The van der Waals surface area contributed by atoms with Crippen LogP contribution in [0.3, 0.4) is 0 Å². The van der Waals surface area contributed by atoms with Gasteiger partial charge in [0.15, 0.2) is 5.78 Å². The molecule has 1 unspecified atom stereocenters. The minimum atomic E-state index is -0.113. The van der Waals surface area contributed by atoms with Gasteiger partial charge in [0.25, 0.3) is 0 Å². The van der Waals surface area contributed by atoms with Crippen molar-refractivity contribution in [3.05, 3.63) is 29.8 Å². The number of hydrogen-bond donors (Lipinski definition) is 0. The molecule has 17 heavy (non-hydrogen) atoms. The van der Waals surface area contributed by atoms with Crippen molar-refractivity contribution in [3.8, 4) is 5.75 Å². The third-order valence-electron chi connectivity index (χ3n) is 2.71. The zero-order valence-electron chi connectivity index (χ0n) is 9.85. The first kappa shape index (κ1) is 12.1. The molecule has 0 aromatic heterocycles. The zero-order valence-corrected chi connectivity index (χ0v) is 9.85. The average Bonchev–Trinajstić information content (AvgIpc) is 2.40. The van der Waals surface area contributed by atoms with Crippen molar-refractivity contribution in [2.24, 2.45) is 0 Å². The van der Waals surface area contributed by atoms with E-state index in [1.54, 1.807) is 31.4 Å². The third-order valence-corrected chi connectivity index (χ3v) is 2.71. The lowest BCUT2D eigenvalue weighted by Crippen LogP contribution is -2.30. The summed E-state index contributed by atoms with van der Waals surface area (Å²) in [6, 6.07) is 7.10. The van der Waals surface area contributed by atoms with E-state index in [2.05, 4.69) is 0 Å². The number of carbonyl (C=O) groups excluding carboxylic acids is 1. The van der Waals surface area contributed by atoms with Crippen LogP contribution in [0.25, 0.3) is 0 Å². The van der Waals surface area contributed by atoms with Crippen LogP contribution in [-0.2, 0) is 9.47 Å². The Labute approximate surface area is 100 Å². The number of rotatable bonds is 4. The molecule has 0 spiro atoms. The Morgan fingerprint density at radius 1 is 1.35 bits per heavy atom. The van der Waals surface area contributed by atoms with Gasteiger partial charge in [0, 0.05) is 12.0 Å². The lowest BCUT2D eigenvalue weighted by atomic mass is 10.1. The summed E-state index contributed by atoms with van der Waals surface area (Å²) in [6.07, 6.45) is 0.255. The number of hydrogen-bond acceptors (Lipinski definition) is 4. The van der Waals surface area contributed by atoms with Crippen molar-refractivity contribution in [1.29, 1.82) is 0 Å². The minimum Gasteiger partial charge on any atom is -0.497 e. The molecule has 2 rings (SSSR count). The van der Waals surface area contributed by atoms with E-state index in [1.807, 2.05) is 0 Å². The van der Waals surface area contributed by atoms with Gasteiger partial charge in [-0.15, -0.1) is 0 Å². The van der Waals surface area contributed by atoms with E-state index in [0.29, 0.717) is 31.8 Å². The first-order valence-corrected chi connectivity index (χ1v) is 5.66. The van der Waals surface area contributed by atoms with Gasteiger partial charge in [0.05, 0.1) is 33.0 Å². The smallest absolute Gasteiger partial charge is 0.165 e. The van der Waals surface area contributed by atoms with Crippen LogP contribution in [0.5, 0.6) is 5.75 Å². The maximum Gasteiger partial charge on any atom is 0.165 e. The van der Waals surface area contributed by atoms with Crippen molar-refractivity contribution in [3.63, 3.8) is 0 Å². The standard InChI is InChI=1S/C13H16O4/c1-15-11-4-2-10(3-5-11)13(14)8-12-9-16-6-7-17-12/h2-5,12H,6-9H2,1H3. The van der Waals surface area contributed by atoms with Gasteiger partial charge in [-0.25, -0.2) is 0 Å². The van der Waals surface area contributed by atoms with Crippen LogP contribution in [0.1, 0.15) is 16.8 Å². The molecule has 0 N–H and O–H groups in total. The Kier molecular flexibility index (Phi) is 4.12. The van der Waals surface area contributed by atoms with Gasteiger partial charge in [-0.1, -0.05) is 0 Å². The summed E-state index contributed by atoms with van der Waals surface area (Å²) in [4.78, 5) is 11.9. The molecule has 0 aliphatic carbocycles. The Morgan fingerprint density at radius 2 is 2.12 bits per heavy atom. The van der Waals surface area contributed by atoms with E-state index in [1.165, 1.54) is 0 Å². The van der Waals surface area contributed by atoms with Gasteiger partial charge in [-0.3, -0.25) is 4.79 Å². The fourth-order valence-corrected chi connectivity index (χ4v) is 1.76. The highest BCUT2D eigenvalue weighted by atomic mass is 16.6. The molecule has 4 heteroatoms. The zero-order chi connectivity index (χ0) is 12.1. The van der Waals surface area contributed by atoms with Crippen LogP contribution in [0.4, 0.5) is 0 Å². The van der Waals surface area contributed by atoms with Crippen LogP contribution < -0.4 is 4.74 Å². The molecule has 1 aromatic rings. The largest absolute Gasteiger partial charge is 0.497 e. The summed E-state index contributed by atoms with van der Waals surface area (Å²) < 4.78 is 15.7. The summed E-state index contributed by atoms with van der Waals surface area (Å²) in [7, 11) is 1.60. The molecule has 0 bridgehead atoms. The Morgan fingerprint density at radius 3 is 2.71 bits per heavy atom. The second-order valence-electron chi connectivity index (χ2n) is 3.92. The van der Waals surface area contributed by atoms with E-state index in [0.717, 1.165) is 5.75 Å². The number of methoxy groups -OCH3 is 1. The summed E-state index contributed by atoms with van der Waals surface area (Å²) in [5.41, 5.74) is 0.681. The van der Waals surface area contributed by atoms with Crippen molar-refractivity contribution < 1.29 is 19.0 Å². The quantitative estimate of drug-likeness (QED) is 0.746. The molecule has 1 saturated heterocycles. The van der Waals surface area contributed by atoms with Crippen LogP contribution in [0.15, 0.2) is 24.3 Å². The average molecular weight is 236 g/mol. The normalized spacial score (nSPS) is 19.9. The lowest BCUT2D eigenvalue weighted by Gasteiger charge is -2.22. The fourth-order valence-electron chi connectivity index (χ4n) is 1.76. The van der Waals surface area contributed by atoms with Crippen LogP contribution in [-0.4, -0.2) is 38.8 Å². The van der Waals surface area contributed by atoms with Crippen molar-refractivity contribution >= 4 is 5.78 Å². The maximum atomic E-state index is 11.9. The van der Waals surface area contributed by atoms with E-state index in [4.69, 9.17) is 14.2 Å². The van der Waals surface area contributed by atoms with E-state index < -0.39 is 0 Å². The fraction of sp³-hybridized carbons (Fsp3) is 0.462. The van der Waals surface area contributed by atoms with Gasteiger partial charge in [0.1, 0.15) is 5.75 Å². The molecule has 1 heterocycles. The molecule has 1 atom stereocenters. The Hall–Kier alpha value is -1.39. The molecule has 4 nitrogen and oxygen atoms in total. The predicted octanol–water partition coefficient (Wildman–Crippen LogP) is 1.68. The maximum absolute atomic E-state index is 11.9. The highest BCUT2D eigenvalue weighted by Gasteiger charge is 2.18. The summed E-state index contributed by atoms with van der Waals surface area (Å²) in [5.74, 6) is 0.821. The van der Waals surface area contributed by atoms with Gasteiger partial charge >= 0.3 is 0 Å². The minimum absolute atomic E-state index is 0.0724. The SMILES string of the molecule is COc1ccc(C(=O)CC2COCCO2)cc1. The molecule has 1 fully saturated rings. The van der Waals surface area contributed by atoms with Crippen molar-refractivity contribution in [1.82, 2.24) is 0 Å². The van der Waals surface area contributed by atoms with Gasteiger partial charge < -0.3 is 14.2 Å². The van der Waals surface area contributed by atoms with Crippen LogP contribution in [0, 0.1) is 0 Å². The van der Waals surface area contributed by atoms with E-state index in [9.17, 15) is 4.79 Å². The van der Waals surface area contributed by atoms with Crippen molar-refractivity contribution in [2.75, 3.05) is 26.9 Å². The summed E-state index contributed by atoms with van der Waals surface area (Å²) in [5, 5.41) is 0. The van der Waals surface area contributed by atoms with Gasteiger partial charge in [-0.2, -0.15) is 0 Å². The lowest BCUT2D eigenvalue weighted by molar-refractivity contribution is -0.0868. The topological polar surface area (TPSA) is 44.8 Å². The van der Waals surface area contributed by atoms with E-state index in [-0.39, 0.29) is 11.9 Å². The third kappa shape index (κ3) is 3.28. The number of ketones is 1. The Bertz CT molecular complexity index is 366.